The van der Waals surface area contributed by atoms with E-state index >= 15 is 0 Å². The van der Waals surface area contributed by atoms with E-state index in [2.05, 4.69) is 18.7 Å². The lowest BCUT2D eigenvalue weighted by Crippen LogP contribution is -2.43. The number of ketones is 1. The van der Waals surface area contributed by atoms with E-state index in [1.807, 2.05) is 0 Å². The van der Waals surface area contributed by atoms with Crippen molar-refractivity contribution < 1.29 is 14.6 Å². The number of β-amino-alcohol motifs (C(OH)–C–C–N with tert-alkyl or cyclic N) is 1. The number of aliphatic hydroxyl groups is 1. The van der Waals surface area contributed by atoms with Crippen molar-refractivity contribution in [2.45, 2.75) is 33.3 Å². The number of piperidine rings is 1. The Hall–Kier alpha value is -1.39. The number of carbonyl (C=O) groups excluding carboxylic acids is 1. The molecule has 1 aromatic carbocycles. The predicted molar refractivity (Wildman–Crippen MR) is 87.3 cm³/mol. The van der Waals surface area contributed by atoms with Crippen molar-refractivity contribution in [3.63, 3.8) is 0 Å². The topological polar surface area (TPSA) is 49.8 Å². The van der Waals surface area contributed by atoms with Gasteiger partial charge in [-0.1, -0.05) is 13.8 Å². The summed E-state index contributed by atoms with van der Waals surface area (Å²) in [7, 11) is 0. The Morgan fingerprint density at radius 2 is 1.86 bits per heavy atom. The average molecular weight is 305 g/mol. The molecule has 1 aliphatic heterocycles. The quantitative estimate of drug-likeness (QED) is 0.821. The fraction of sp³-hybridized carbons (Fsp3) is 0.611. The van der Waals surface area contributed by atoms with Crippen LogP contribution in [0, 0.1) is 11.8 Å². The van der Waals surface area contributed by atoms with Gasteiger partial charge in [-0.3, -0.25) is 4.79 Å². The smallest absolute Gasteiger partial charge is 0.159 e. The third-order valence-electron chi connectivity index (χ3n) is 4.12. The van der Waals surface area contributed by atoms with Gasteiger partial charge in [-0.15, -0.1) is 0 Å². The number of hydrogen-bond donors (Lipinski definition) is 1. The molecule has 0 amide bonds. The van der Waals surface area contributed by atoms with E-state index in [1.165, 1.54) is 6.42 Å². The van der Waals surface area contributed by atoms with Gasteiger partial charge in [-0.2, -0.15) is 0 Å². The highest BCUT2D eigenvalue weighted by Gasteiger charge is 2.23. The van der Waals surface area contributed by atoms with Crippen LogP contribution in [-0.4, -0.2) is 48.1 Å². The number of rotatable bonds is 6. The van der Waals surface area contributed by atoms with Gasteiger partial charge in [-0.05, 0) is 49.4 Å². The highest BCUT2D eigenvalue weighted by Crippen LogP contribution is 2.21. The van der Waals surface area contributed by atoms with E-state index < -0.39 is 6.10 Å². The molecule has 0 aliphatic carbocycles. The second kappa shape index (κ2) is 7.75. The zero-order chi connectivity index (χ0) is 16.1. The van der Waals surface area contributed by atoms with Crippen LogP contribution in [0.1, 0.15) is 37.6 Å². The lowest BCUT2D eigenvalue weighted by molar-refractivity contribution is 0.0429. The van der Waals surface area contributed by atoms with Crippen LogP contribution in [0.5, 0.6) is 5.75 Å². The highest BCUT2D eigenvalue weighted by molar-refractivity contribution is 5.94. The molecule has 4 nitrogen and oxygen atoms in total. The monoisotopic (exact) mass is 305 g/mol. The molecular formula is C18H27NO3. The second-order valence-electron chi connectivity index (χ2n) is 6.71. The number of aliphatic hydroxyl groups excluding tert-OH is 1. The number of hydrogen-bond acceptors (Lipinski definition) is 4. The number of Topliss-reactive ketones (excluding diaryl/α,β-unsaturated/α-hetero) is 1. The molecule has 0 radical (unpaired) electrons. The molecular weight excluding hydrogens is 278 g/mol. The summed E-state index contributed by atoms with van der Waals surface area (Å²) in [6.07, 6.45) is 0.774. The van der Waals surface area contributed by atoms with E-state index in [1.54, 1.807) is 31.2 Å². The number of benzene rings is 1. The fourth-order valence-electron chi connectivity index (χ4n) is 3.27. The molecule has 3 unspecified atom stereocenters. The van der Waals surface area contributed by atoms with Crippen LogP contribution in [-0.2, 0) is 0 Å². The van der Waals surface area contributed by atoms with Crippen molar-refractivity contribution in [3.8, 4) is 5.75 Å². The maximum absolute atomic E-state index is 11.2. The normalized spacial score (nSPS) is 24.0. The first-order valence-corrected chi connectivity index (χ1v) is 8.08. The number of carbonyl (C=O) groups is 1. The van der Waals surface area contributed by atoms with Crippen molar-refractivity contribution >= 4 is 5.78 Å². The minimum atomic E-state index is -0.495. The number of likely N-dealkylation sites (tertiary alicyclic amines) is 1. The third kappa shape index (κ3) is 5.11. The van der Waals surface area contributed by atoms with Crippen LogP contribution in [0.3, 0.4) is 0 Å². The molecule has 1 heterocycles. The molecule has 1 fully saturated rings. The maximum atomic E-state index is 11.2. The van der Waals surface area contributed by atoms with Gasteiger partial charge in [0.05, 0.1) is 0 Å². The summed E-state index contributed by atoms with van der Waals surface area (Å²) < 4.78 is 5.61. The fourth-order valence-corrected chi connectivity index (χ4v) is 3.27. The van der Waals surface area contributed by atoms with Crippen molar-refractivity contribution in [1.82, 2.24) is 4.90 Å². The molecule has 4 heteroatoms. The lowest BCUT2D eigenvalue weighted by atomic mass is 9.92. The third-order valence-corrected chi connectivity index (χ3v) is 4.12. The van der Waals surface area contributed by atoms with Crippen molar-refractivity contribution in [2.75, 3.05) is 26.2 Å². The summed E-state index contributed by atoms with van der Waals surface area (Å²) in [6.45, 7) is 9.10. The van der Waals surface area contributed by atoms with E-state index in [0.29, 0.717) is 29.7 Å². The van der Waals surface area contributed by atoms with Gasteiger partial charge >= 0.3 is 0 Å². The zero-order valence-electron chi connectivity index (χ0n) is 13.8. The summed E-state index contributed by atoms with van der Waals surface area (Å²) in [5.41, 5.74) is 0.671. The van der Waals surface area contributed by atoms with Gasteiger partial charge in [0.2, 0.25) is 0 Å². The van der Waals surface area contributed by atoms with Gasteiger partial charge in [0.25, 0.3) is 0 Å². The van der Waals surface area contributed by atoms with Crippen LogP contribution < -0.4 is 4.74 Å². The van der Waals surface area contributed by atoms with Gasteiger partial charge in [-0.25, -0.2) is 0 Å². The second-order valence-corrected chi connectivity index (χ2v) is 6.71. The van der Waals surface area contributed by atoms with Crippen LogP contribution in [0.2, 0.25) is 0 Å². The Balaban J connectivity index is 1.77. The van der Waals surface area contributed by atoms with Crippen LogP contribution in [0.25, 0.3) is 0 Å². The Bertz CT molecular complexity index is 476. The summed E-state index contributed by atoms with van der Waals surface area (Å²) in [4.78, 5) is 13.5. The van der Waals surface area contributed by atoms with Crippen molar-refractivity contribution in [3.05, 3.63) is 29.8 Å². The van der Waals surface area contributed by atoms with Gasteiger partial charge in [0.15, 0.2) is 5.78 Å². The predicted octanol–water partition coefficient (Wildman–Crippen LogP) is 2.61. The Labute approximate surface area is 133 Å². The highest BCUT2D eigenvalue weighted by atomic mass is 16.5. The van der Waals surface area contributed by atoms with Crippen LogP contribution in [0.15, 0.2) is 24.3 Å². The average Bonchev–Trinajstić information content (AvgIpc) is 2.44. The first-order valence-electron chi connectivity index (χ1n) is 8.08. The molecule has 122 valence electrons. The number of ether oxygens (including phenoxy) is 1. The maximum Gasteiger partial charge on any atom is 0.159 e. The zero-order valence-corrected chi connectivity index (χ0v) is 13.8. The Morgan fingerprint density at radius 3 is 2.41 bits per heavy atom. The van der Waals surface area contributed by atoms with Crippen molar-refractivity contribution in [2.24, 2.45) is 11.8 Å². The molecule has 0 saturated carbocycles. The SMILES string of the molecule is CC(=O)c1ccc(OCC(O)CN2CC(C)CC(C)C2)cc1. The minimum Gasteiger partial charge on any atom is -0.491 e. The molecule has 1 N–H and O–H groups in total. The van der Waals surface area contributed by atoms with Crippen molar-refractivity contribution in [1.29, 1.82) is 0 Å². The van der Waals surface area contributed by atoms with E-state index in [-0.39, 0.29) is 12.4 Å². The van der Waals surface area contributed by atoms with Gasteiger partial charge in [0, 0.05) is 25.2 Å². The van der Waals surface area contributed by atoms with Crippen LogP contribution in [0.4, 0.5) is 0 Å². The summed E-state index contributed by atoms with van der Waals surface area (Å²) >= 11 is 0. The Kier molecular flexibility index (Phi) is 5.98. The van der Waals surface area contributed by atoms with E-state index in [4.69, 9.17) is 4.74 Å². The first-order chi connectivity index (χ1) is 10.4. The molecule has 3 atom stereocenters. The molecule has 1 aromatic rings. The van der Waals surface area contributed by atoms with E-state index in [9.17, 15) is 9.90 Å². The standard InChI is InChI=1S/C18H27NO3/c1-13-8-14(2)10-19(9-13)11-17(21)12-22-18-6-4-16(5-7-18)15(3)20/h4-7,13-14,17,21H,8-12H2,1-3H3. The molecule has 0 bridgehead atoms. The molecule has 22 heavy (non-hydrogen) atoms. The molecule has 2 rings (SSSR count). The minimum absolute atomic E-state index is 0.0416. The summed E-state index contributed by atoms with van der Waals surface area (Å²) in [5.74, 6) is 2.11. The first kappa shape index (κ1) is 17.0. The van der Waals surface area contributed by atoms with Gasteiger partial charge in [0.1, 0.15) is 18.5 Å². The van der Waals surface area contributed by atoms with Crippen LogP contribution >= 0.6 is 0 Å². The summed E-state index contributed by atoms with van der Waals surface area (Å²) in [6, 6.07) is 7.04. The van der Waals surface area contributed by atoms with Gasteiger partial charge < -0.3 is 14.7 Å². The molecule has 0 spiro atoms. The largest absolute Gasteiger partial charge is 0.491 e. The molecule has 0 aromatic heterocycles. The molecule has 1 saturated heterocycles. The summed E-state index contributed by atoms with van der Waals surface area (Å²) in [5, 5.41) is 10.2. The number of nitrogens with zero attached hydrogens (tertiary/aromatic N) is 1. The lowest BCUT2D eigenvalue weighted by Gasteiger charge is -2.35. The Morgan fingerprint density at radius 1 is 1.27 bits per heavy atom. The molecule has 1 aliphatic rings. The van der Waals surface area contributed by atoms with E-state index in [0.717, 1.165) is 13.1 Å².